The molecule has 4 N–H and O–H groups in total. The fourth-order valence-electron chi connectivity index (χ4n) is 4.31. The Labute approximate surface area is 221 Å². The number of nitriles is 2. The molecule has 37 heavy (non-hydrogen) atoms. The minimum atomic E-state index is -0.281. The van der Waals surface area contributed by atoms with E-state index in [9.17, 15) is 10.5 Å². The highest BCUT2D eigenvalue weighted by Crippen LogP contribution is 2.37. The Morgan fingerprint density at radius 2 is 2.00 bits per heavy atom. The zero-order valence-electron chi connectivity index (χ0n) is 21.1. The van der Waals surface area contributed by atoms with Crippen LogP contribution in [0.2, 0.25) is 5.02 Å². The minimum Gasteiger partial charge on any atom is -0.383 e. The summed E-state index contributed by atoms with van der Waals surface area (Å²) in [6.07, 6.45) is 5.94. The second-order valence-electron chi connectivity index (χ2n) is 10.7. The molecule has 0 radical (unpaired) electrons. The Bertz CT molecular complexity index is 1460. The van der Waals surface area contributed by atoms with E-state index in [0.29, 0.717) is 34.3 Å². The van der Waals surface area contributed by atoms with Gasteiger partial charge in [-0.15, -0.1) is 5.53 Å². The summed E-state index contributed by atoms with van der Waals surface area (Å²) in [5.41, 5.74) is 11.6. The van der Waals surface area contributed by atoms with Crippen LogP contribution in [-0.2, 0) is 0 Å². The van der Waals surface area contributed by atoms with Gasteiger partial charge in [-0.1, -0.05) is 44.5 Å². The molecule has 1 atom stereocenters. The summed E-state index contributed by atoms with van der Waals surface area (Å²) in [5.74, 6) is 0. The molecule has 3 aromatic rings. The molecule has 8 nitrogen and oxygen atoms in total. The van der Waals surface area contributed by atoms with Crippen molar-refractivity contribution in [3.05, 3.63) is 76.2 Å². The number of aromatic nitrogens is 1. The first kappa shape index (κ1) is 24.7. The van der Waals surface area contributed by atoms with E-state index in [4.69, 9.17) is 11.6 Å². The van der Waals surface area contributed by atoms with Gasteiger partial charge in [0.1, 0.15) is 6.07 Å². The molecule has 2 aliphatic rings. The van der Waals surface area contributed by atoms with Crippen LogP contribution in [0.25, 0.3) is 10.9 Å². The molecule has 0 amide bonds. The number of benzene rings is 2. The third-order valence-electron chi connectivity index (χ3n) is 6.36. The summed E-state index contributed by atoms with van der Waals surface area (Å²) < 4.78 is 0. The number of rotatable bonds is 7. The Morgan fingerprint density at radius 3 is 2.70 bits per heavy atom. The summed E-state index contributed by atoms with van der Waals surface area (Å²) >= 11 is 6.72. The first-order valence-electron chi connectivity index (χ1n) is 12.3. The SMILES string of the molecule is CC(C)(C)CNc1c(C#N)cnc2c(Cl)cc(NC(C3=CN(C4CC4)NN3)c3cccc(C#N)c3)cc12. The normalized spacial score (nSPS) is 15.9. The van der Waals surface area contributed by atoms with Crippen molar-refractivity contribution in [2.75, 3.05) is 17.2 Å². The zero-order valence-corrected chi connectivity index (χ0v) is 21.8. The van der Waals surface area contributed by atoms with E-state index in [1.165, 1.54) is 0 Å². The van der Waals surface area contributed by atoms with Crippen LogP contribution in [0.4, 0.5) is 11.4 Å². The van der Waals surface area contributed by atoms with Gasteiger partial charge in [0.25, 0.3) is 0 Å². The Kier molecular flexibility index (Phi) is 6.55. The number of fused-ring (bicyclic) bond motifs is 1. The number of pyridine rings is 1. The average Bonchev–Trinajstić information content (AvgIpc) is 3.62. The Balaban J connectivity index is 1.57. The van der Waals surface area contributed by atoms with Crippen LogP contribution in [0.5, 0.6) is 0 Å². The van der Waals surface area contributed by atoms with Gasteiger partial charge in [-0.25, -0.2) is 0 Å². The van der Waals surface area contributed by atoms with Gasteiger partial charge >= 0.3 is 0 Å². The first-order chi connectivity index (χ1) is 17.8. The summed E-state index contributed by atoms with van der Waals surface area (Å²) in [7, 11) is 0. The van der Waals surface area contributed by atoms with Crippen molar-refractivity contribution in [1.82, 2.24) is 21.0 Å². The molecular formula is C28H29ClN8. The van der Waals surface area contributed by atoms with E-state index in [0.717, 1.165) is 40.9 Å². The first-order valence-corrected chi connectivity index (χ1v) is 12.7. The van der Waals surface area contributed by atoms with E-state index in [1.54, 1.807) is 12.3 Å². The van der Waals surface area contributed by atoms with Crippen LogP contribution >= 0.6 is 11.6 Å². The van der Waals surface area contributed by atoms with Gasteiger partial charge in [0.15, 0.2) is 0 Å². The van der Waals surface area contributed by atoms with Crippen LogP contribution in [0.3, 0.4) is 0 Å². The molecule has 2 heterocycles. The van der Waals surface area contributed by atoms with Gasteiger partial charge in [-0.2, -0.15) is 10.5 Å². The fourth-order valence-corrected chi connectivity index (χ4v) is 4.57. The highest BCUT2D eigenvalue weighted by atomic mass is 35.5. The molecule has 1 saturated carbocycles. The monoisotopic (exact) mass is 512 g/mol. The van der Waals surface area contributed by atoms with E-state index >= 15 is 0 Å². The van der Waals surface area contributed by atoms with Crippen molar-refractivity contribution in [2.45, 2.75) is 45.7 Å². The van der Waals surface area contributed by atoms with Crippen molar-refractivity contribution >= 4 is 33.9 Å². The lowest BCUT2D eigenvalue weighted by atomic mass is 9.96. The predicted octanol–water partition coefficient (Wildman–Crippen LogP) is 5.57. The second-order valence-corrected chi connectivity index (χ2v) is 11.1. The Hall–Kier alpha value is -3.98. The molecule has 1 aliphatic carbocycles. The number of halogens is 1. The average molecular weight is 513 g/mol. The van der Waals surface area contributed by atoms with E-state index in [1.807, 2.05) is 30.3 Å². The van der Waals surface area contributed by atoms with Crippen molar-refractivity contribution in [3.63, 3.8) is 0 Å². The lowest BCUT2D eigenvalue weighted by molar-refractivity contribution is 0.260. The van der Waals surface area contributed by atoms with Crippen molar-refractivity contribution in [2.24, 2.45) is 5.41 Å². The van der Waals surface area contributed by atoms with E-state index in [2.05, 4.69) is 70.7 Å². The lowest BCUT2D eigenvalue weighted by Gasteiger charge is -2.23. The molecule has 1 aromatic heterocycles. The molecule has 0 bridgehead atoms. The summed E-state index contributed by atoms with van der Waals surface area (Å²) in [6.45, 7) is 7.09. The topological polar surface area (TPSA) is 112 Å². The van der Waals surface area contributed by atoms with Crippen molar-refractivity contribution in [3.8, 4) is 12.1 Å². The molecule has 188 valence electrons. The van der Waals surface area contributed by atoms with Gasteiger partial charge < -0.3 is 16.1 Å². The minimum absolute atomic E-state index is 0.0138. The van der Waals surface area contributed by atoms with Crippen LogP contribution in [-0.4, -0.2) is 22.6 Å². The van der Waals surface area contributed by atoms with E-state index < -0.39 is 0 Å². The zero-order chi connectivity index (χ0) is 26.2. The molecule has 9 heteroatoms. The van der Waals surface area contributed by atoms with Gasteiger partial charge in [0, 0.05) is 36.1 Å². The highest BCUT2D eigenvalue weighted by molar-refractivity contribution is 6.35. The van der Waals surface area contributed by atoms with Crippen LogP contribution in [0, 0.1) is 28.1 Å². The third-order valence-corrected chi connectivity index (χ3v) is 6.65. The number of hydrogen-bond acceptors (Lipinski definition) is 8. The number of nitrogens with zero attached hydrogens (tertiary/aromatic N) is 4. The Morgan fingerprint density at radius 1 is 1.19 bits per heavy atom. The molecule has 0 saturated heterocycles. The van der Waals surface area contributed by atoms with Gasteiger partial charge in [-0.3, -0.25) is 9.99 Å². The maximum Gasteiger partial charge on any atom is 0.103 e. The highest BCUT2D eigenvalue weighted by Gasteiger charge is 2.32. The smallest absolute Gasteiger partial charge is 0.103 e. The van der Waals surface area contributed by atoms with Gasteiger partial charge in [0.05, 0.1) is 45.2 Å². The summed E-state index contributed by atoms with van der Waals surface area (Å²) in [6, 6.07) is 16.1. The molecule has 1 unspecified atom stereocenters. The largest absolute Gasteiger partial charge is 0.383 e. The molecule has 5 rings (SSSR count). The molecular weight excluding hydrogens is 484 g/mol. The summed E-state index contributed by atoms with van der Waals surface area (Å²) in [4.78, 5) is 4.47. The predicted molar refractivity (Wildman–Crippen MR) is 146 cm³/mol. The fraction of sp³-hybridized carbons (Fsp3) is 0.321. The van der Waals surface area contributed by atoms with Gasteiger partial charge in [0.2, 0.25) is 0 Å². The second kappa shape index (κ2) is 9.82. The lowest BCUT2D eigenvalue weighted by Crippen LogP contribution is -2.38. The van der Waals surface area contributed by atoms with Crippen molar-refractivity contribution in [1.29, 1.82) is 10.5 Å². The number of hydrogen-bond donors (Lipinski definition) is 4. The quantitative estimate of drug-likeness (QED) is 0.325. The number of nitrogens with one attached hydrogen (secondary N) is 4. The van der Waals surface area contributed by atoms with Crippen LogP contribution < -0.4 is 21.6 Å². The molecule has 0 spiro atoms. The molecule has 1 aliphatic heterocycles. The number of hydrazine groups is 2. The van der Waals surface area contributed by atoms with Crippen molar-refractivity contribution < 1.29 is 0 Å². The summed E-state index contributed by atoms with van der Waals surface area (Å²) in [5, 5.41) is 29.7. The third kappa shape index (κ3) is 5.41. The van der Waals surface area contributed by atoms with Gasteiger partial charge in [-0.05, 0) is 48.1 Å². The molecule has 2 aromatic carbocycles. The standard InChI is InChI=1S/C28H29ClN8/c1-28(2,3)16-33-25-19(13-31)14-32-27-22(25)10-20(11-23(27)29)34-26(18-6-4-5-17(9-18)12-30)24-15-37(36-35-24)21-7-8-21/h4-6,9-11,14-15,21,26,34-36H,7-8,16H2,1-3H3,(H,32,33). The van der Waals surface area contributed by atoms with E-state index in [-0.39, 0.29) is 11.5 Å². The van der Waals surface area contributed by atoms with Crippen LogP contribution in [0.1, 0.15) is 56.3 Å². The van der Waals surface area contributed by atoms with Crippen LogP contribution in [0.15, 0.2) is 54.5 Å². The maximum absolute atomic E-state index is 9.78. The number of anilines is 2. The maximum atomic E-state index is 9.78. The molecule has 1 fully saturated rings.